The van der Waals surface area contributed by atoms with Gasteiger partial charge >= 0.3 is 12.2 Å². The molecule has 1 aromatic rings. The van der Waals surface area contributed by atoms with Crippen LogP contribution < -0.4 is 9.80 Å². The standard InChI is InChI=1S/C39H66ClN7O4/c1-38(2,3)50-36(48)46-25-17-31(18-26-46)11-7-9-29-13-21-44(22-14-29)34-41-33(40)42-35(43-34)45-23-15-30(16-24-45)10-8-12-32-19-27-47(28-20-32)37(49)51-39(4,5)6/h29-32H,7-28H2,1-6H3. The van der Waals surface area contributed by atoms with Gasteiger partial charge in [0.2, 0.25) is 17.2 Å². The van der Waals surface area contributed by atoms with Gasteiger partial charge in [0.15, 0.2) is 0 Å². The van der Waals surface area contributed by atoms with Crippen LogP contribution in [0.5, 0.6) is 0 Å². The maximum Gasteiger partial charge on any atom is 0.410 e. The lowest BCUT2D eigenvalue weighted by molar-refractivity contribution is 0.0169. The molecule has 2 amide bonds. The molecular formula is C39H66ClN7O4. The molecule has 4 saturated heterocycles. The van der Waals surface area contributed by atoms with Crippen molar-refractivity contribution in [3.05, 3.63) is 5.28 Å². The summed E-state index contributed by atoms with van der Waals surface area (Å²) in [7, 11) is 0. The topological polar surface area (TPSA) is 104 Å². The molecule has 4 fully saturated rings. The highest BCUT2D eigenvalue weighted by Gasteiger charge is 2.30. The fourth-order valence-corrected chi connectivity index (χ4v) is 8.46. The minimum atomic E-state index is -0.437. The van der Waals surface area contributed by atoms with Gasteiger partial charge in [-0.1, -0.05) is 38.5 Å². The third-order valence-electron chi connectivity index (χ3n) is 11.4. The van der Waals surface area contributed by atoms with E-state index < -0.39 is 11.2 Å². The van der Waals surface area contributed by atoms with Gasteiger partial charge in [-0.05, 0) is 128 Å². The second-order valence-corrected chi connectivity index (χ2v) is 18.1. The van der Waals surface area contributed by atoms with Crippen molar-refractivity contribution in [1.29, 1.82) is 0 Å². The van der Waals surface area contributed by atoms with Crippen LogP contribution in [0.4, 0.5) is 21.5 Å². The lowest BCUT2D eigenvalue weighted by Gasteiger charge is -2.35. The molecule has 0 aliphatic carbocycles. The SMILES string of the molecule is CC(C)(C)OC(=O)N1CCC(CCCC2CCN(c3nc(Cl)nc(N4CCC(CCCC5CCN(C(=O)OC(C)(C)C)CC5)CC4)n3)CC2)CC1. The summed E-state index contributed by atoms with van der Waals surface area (Å²) < 4.78 is 11.1. The molecular weight excluding hydrogens is 666 g/mol. The molecule has 4 aliphatic heterocycles. The number of hydrogen-bond acceptors (Lipinski definition) is 9. The maximum absolute atomic E-state index is 12.4. The molecule has 0 saturated carbocycles. The van der Waals surface area contributed by atoms with Gasteiger partial charge in [0.05, 0.1) is 0 Å². The first-order chi connectivity index (χ1) is 24.2. The molecule has 51 heavy (non-hydrogen) atoms. The van der Waals surface area contributed by atoms with Crippen molar-refractivity contribution in [1.82, 2.24) is 24.8 Å². The summed E-state index contributed by atoms with van der Waals surface area (Å²) >= 11 is 6.47. The molecule has 1 aromatic heterocycles. The summed E-state index contributed by atoms with van der Waals surface area (Å²) in [5.41, 5.74) is -0.874. The average Bonchev–Trinajstić information content (AvgIpc) is 3.08. The molecule has 5 rings (SSSR count). The predicted molar refractivity (Wildman–Crippen MR) is 203 cm³/mol. The van der Waals surface area contributed by atoms with Crippen LogP contribution in [0.2, 0.25) is 5.28 Å². The van der Waals surface area contributed by atoms with Crippen molar-refractivity contribution >= 4 is 35.7 Å². The van der Waals surface area contributed by atoms with Crippen molar-refractivity contribution in [2.75, 3.05) is 62.2 Å². The van der Waals surface area contributed by atoms with Crippen molar-refractivity contribution in [3.8, 4) is 0 Å². The average molecular weight is 732 g/mol. The van der Waals surface area contributed by atoms with Crippen LogP contribution >= 0.6 is 11.6 Å². The van der Waals surface area contributed by atoms with E-state index >= 15 is 0 Å². The number of likely N-dealkylation sites (tertiary alicyclic amines) is 2. The summed E-state index contributed by atoms with van der Waals surface area (Å²) in [5, 5.41) is 0.287. The van der Waals surface area contributed by atoms with Crippen LogP contribution in [0, 0.1) is 23.7 Å². The Morgan fingerprint density at radius 2 is 0.843 bits per heavy atom. The van der Waals surface area contributed by atoms with E-state index in [4.69, 9.17) is 26.1 Å². The van der Waals surface area contributed by atoms with Crippen molar-refractivity contribution in [3.63, 3.8) is 0 Å². The number of ether oxygens (including phenoxy) is 2. The largest absolute Gasteiger partial charge is 0.444 e. The summed E-state index contributed by atoms with van der Waals surface area (Å²) in [6.07, 6.45) is 16.2. The first-order valence-electron chi connectivity index (χ1n) is 20.1. The van der Waals surface area contributed by atoms with E-state index in [0.717, 1.165) is 127 Å². The van der Waals surface area contributed by atoms with Gasteiger partial charge in [0.1, 0.15) is 11.2 Å². The summed E-state index contributed by atoms with van der Waals surface area (Å²) in [4.78, 5) is 47.1. The lowest BCUT2D eigenvalue weighted by Crippen LogP contribution is -2.41. The highest BCUT2D eigenvalue weighted by molar-refractivity contribution is 6.28. The molecule has 5 heterocycles. The summed E-state index contributed by atoms with van der Waals surface area (Å²) in [6, 6.07) is 0. The molecule has 288 valence electrons. The number of anilines is 2. The monoisotopic (exact) mass is 731 g/mol. The summed E-state index contributed by atoms with van der Waals surface area (Å²) in [6.45, 7) is 18.6. The number of halogens is 1. The zero-order valence-corrected chi connectivity index (χ0v) is 33.3. The highest BCUT2D eigenvalue weighted by Crippen LogP contribution is 2.32. The van der Waals surface area contributed by atoms with Crippen LogP contribution in [-0.2, 0) is 9.47 Å². The number of carbonyl (C=O) groups excluding carboxylic acids is 2. The molecule has 0 radical (unpaired) electrons. The molecule has 0 unspecified atom stereocenters. The zero-order chi connectivity index (χ0) is 36.6. The van der Waals surface area contributed by atoms with E-state index in [1.54, 1.807) is 0 Å². The van der Waals surface area contributed by atoms with Gasteiger partial charge in [0, 0.05) is 52.4 Å². The van der Waals surface area contributed by atoms with Crippen LogP contribution in [0.25, 0.3) is 0 Å². The van der Waals surface area contributed by atoms with Crippen LogP contribution in [0.1, 0.15) is 131 Å². The predicted octanol–water partition coefficient (Wildman–Crippen LogP) is 8.59. The van der Waals surface area contributed by atoms with Gasteiger partial charge in [-0.3, -0.25) is 0 Å². The fourth-order valence-electron chi connectivity index (χ4n) is 8.31. The molecule has 0 spiro atoms. The van der Waals surface area contributed by atoms with Crippen molar-refractivity contribution in [2.45, 2.75) is 143 Å². The molecule has 0 bridgehead atoms. The number of nitrogens with zero attached hydrogens (tertiary/aromatic N) is 7. The first-order valence-corrected chi connectivity index (χ1v) is 20.5. The second kappa shape index (κ2) is 18.0. The Morgan fingerprint density at radius 3 is 1.14 bits per heavy atom. The molecule has 0 aromatic carbocycles. The minimum absolute atomic E-state index is 0.169. The Morgan fingerprint density at radius 1 is 0.549 bits per heavy atom. The Hall–Kier alpha value is -2.56. The van der Waals surface area contributed by atoms with Crippen molar-refractivity contribution < 1.29 is 19.1 Å². The minimum Gasteiger partial charge on any atom is -0.444 e. The van der Waals surface area contributed by atoms with Crippen molar-refractivity contribution in [2.24, 2.45) is 23.7 Å². The van der Waals surface area contributed by atoms with E-state index in [9.17, 15) is 9.59 Å². The maximum atomic E-state index is 12.4. The smallest absolute Gasteiger partial charge is 0.410 e. The number of piperidine rings is 4. The third kappa shape index (κ3) is 12.8. The Labute approximate surface area is 312 Å². The zero-order valence-electron chi connectivity index (χ0n) is 32.5. The quantitative estimate of drug-likeness (QED) is 0.234. The van der Waals surface area contributed by atoms with Gasteiger partial charge in [-0.15, -0.1) is 0 Å². The Balaban J connectivity index is 0.956. The third-order valence-corrected chi connectivity index (χ3v) is 11.5. The normalized spacial score (nSPS) is 20.9. The Bertz CT molecular complexity index is 1160. The molecule has 4 aliphatic rings. The van der Waals surface area contributed by atoms with E-state index in [1.807, 2.05) is 51.3 Å². The Kier molecular flexibility index (Phi) is 14.0. The number of amides is 2. The van der Waals surface area contributed by atoms with Gasteiger partial charge in [-0.25, -0.2) is 9.59 Å². The van der Waals surface area contributed by atoms with Gasteiger partial charge in [-0.2, -0.15) is 15.0 Å². The van der Waals surface area contributed by atoms with E-state index in [0.29, 0.717) is 11.8 Å². The van der Waals surface area contributed by atoms with Gasteiger partial charge < -0.3 is 29.1 Å². The molecule has 0 N–H and O–H groups in total. The number of carbonyl (C=O) groups is 2. The first kappa shape index (κ1) is 39.6. The van der Waals surface area contributed by atoms with E-state index in [-0.39, 0.29) is 17.5 Å². The van der Waals surface area contributed by atoms with Gasteiger partial charge in [0.25, 0.3) is 0 Å². The van der Waals surface area contributed by atoms with E-state index in [1.165, 1.54) is 38.5 Å². The number of hydrogen-bond donors (Lipinski definition) is 0. The molecule has 11 nitrogen and oxygen atoms in total. The highest BCUT2D eigenvalue weighted by atomic mass is 35.5. The number of rotatable bonds is 10. The van der Waals surface area contributed by atoms with Crippen LogP contribution in [0.3, 0.4) is 0 Å². The van der Waals surface area contributed by atoms with E-state index in [2.05, 4.69) is 19.8 Å². The molecule has 12 heteroatoms. The number of aromatic nitrogens is 3. The van der Waals surface area contributed by atoms with Crippen LogP contribution in [-0.4, -0.2) is 100 Å². The summed E-state index contributed by atoms with van der Waals surface area (Å²) in [5.74, 6) is 4.34. The lowest BCUT2D eigenvalue weighted by atomic mass is 9.87. The fraction of sp³-hybridized carbons (Fsp3) is 0.872. The molecule has 0 atom stereocenters. The van der Waals surface area contributed by atoms with Crippen LogP contribution in [0.15, 0.2) is 0 Å². The second-order valence-electron chi connectivity index (χ2n) is 17.7.